The Morgan fingerprint density at radius 1 is 0.714 bits per heavy atom. The zero-order valence-electron chi connectivity index (χ0n) is 19.6. The van der Waals surface area contributed by atoms with E-state index in [4.69, 9.17) is 0 Å². The second-order valence-electron chi connectivity index (χ2n) is 8.97. The third-order valence-corrected chi connectivity index (χ3v) is 5.42. The van der Waals surface area contributed by atoms with Crippen molar-refractivity contribution in [2.45, 2.75) is 33.1 Å². The third-order valence-electron chi connectivity index (χ3n) is 5.42. The monoisotopic (exact) mass is 476 g/mol. The highest BCUT2D eigenvalue weighted by Gasteiger charge is 2.25. The molecule has 3 rings (SSSR count). The van der Waals surface area contributed by atoms with Crippen LogP contribution in [0, 0.1) is 27.2 Å². The van der Waals surface area contributed by atoms with Crippen molar-refractivity contribution in [2.75, 3.05) is 10.6 Å². The van der Waals surface area contributed by atoms with Crippen molar-refractivity contribution >= 4 is 34.6 Å². The van der Waals surface area contributed by atoms with E-state index in [1.54, 1.807) is 24.3 Å². The largest absolute Gasteiger partial charge is 0.322 e. The Morgan fingerprint density at radius 2 is 1.11 bits per heavy atom. The van der Waals surface area contributed by atoms with Crippen molar-refractivity contribution in [3.05, 3.63) is 103 Å². The molecule has 0 radical (unpaired) electrons. The summed E-state index contributed by atoms with van der Waals surface area (Å²) in [7, 11) is 0. The number of nitro groups is 2. The van der Waals surface area contributed by atoms with Crippen LogP contribution in [0.25, 0.3) is 0 Å². The van der Waals surface area contributed by atoms with Crippen molar-refractivity contribution in [1.29, 1.82) is 0 Å². The first-order valence-electron chi connectivity index (χ1n) is 10.6. The lowest BCUT2D eigenvalue weighted by molar-refractivity contribution is -0.395. The highest BCUT2D eigenvalue weighted by Crippen LogP contribution is 2.30. The normalized spacial score (nSPS) is 11.0. The maximum atomic E-state index is 12.6. The van der Waals surface area contributed by atoms with Gasteiger partial charge in [-0.3, -0.25) is 29.8 Å². The molecular formula is C25H24N4O6. The summed E-state index contributed by atoms with van der Waals surface area (Å²) < 4.78 is 0. The lowest BCUT2D eigenvalue weighted by atomic mass is 9.87. The molecule has 2 N–H and O–H groups in total. The number of benzene rings is 3. The average Bonchev–Trinajstić information content (AvgIpc) is 2.79. The van der Waals surface area contributed by atoms with Gasteiger partial charge >= 0.3 is 0 Å². The Labute approximate surface area is 201 Å². The minimum Gasteiger partial charge on any atom is -0.322 e. The van der Waals surface area contributed by atoms with E-state index in [9.17, 15) is 29.8 Å². The van der Waals surface area contributed by atoms with E-state index in [1.165, 1.54) is 19.1 Å². The molecule has 180 valence electrons. The number of hydrogen-bond acceptors (Lipinski definition) is 6. The van der Waals surface area contributed by atoms with Crippen LogP contribution in [0.3, 0.4) is 0 Å². The van der Waals surface area contributed by atoms with Crippen LogP contribution in [0.4, 0.5) is 22.7 Å². The number of nitrogens with one attached hydrogen (secondary N) is 2. The summed E-state index contributed by atoms with van der Waals surface area (Å²) in [5.41, 5.74) is 1.04. The van der Waals surface area contributed by atoms with Gasteiger partial charge in [0.1, 0.15) is 5.56 Å². The molecule has 0 aromatic heterocycles. The number of hydrogen-bond donors (Lipinski definition) is 2. The lowest BCUT2D eigenvalue weighted by Gasteiger charge is -2.19. The van der Waals surface area contributed by atoms with Gasteiger partial charge in [0, 0.05) is 29.1 Å². The molecule has 0 bridgehead atoms. The Bertz CT molecular complexity index is 1270. The smallest absolute Gasteiger partial charge is 0.279 e. The zero-order chi connectivity index (χ0) is 25.9. The fourth-order valence-electron chi connectivity index (χ4n) is 3.36. The molecule has 0 fully saturated rings. The highest BCUT2D eigenvalue weighted by atomic mass is 16.6. The van der Waals surface area contributed by atoms with Crippen LogP contribution in [0.15, 0.2) is 60.7 Å². The molecule has 3 aromatic carbocycles. The summed E-state index contributed by atoms with van der Waals surface area (Å²) in [6.45, 7) is 7.51. The van der Waals surface area contributed by atoms with E-state index in [0.717, 1.165) is 17.7 Å². The van der Waals surface area contributed by atoms with Crippen molar-refractivity contribution in [3.63, 3.8) is 0 Å². The SMILES string of the molecule is Cc1c([N+](=O)[O-])cc(C(=O)Nc2ccc(NC(=O)c3ccc(C(C)(C)C)cc3)cc2)cc1[N+](=O)[O-]. The molecule has 0 spiro atoms. The maximum absolute atomic E-state index is 12.6. The van der Waals surface area contributed by atoms with Crippen molar-refractivity contribution in [2.24, 2.45) is 0 Å². The fourth-order valence-corrected chi connectivity index (χ4v) is 3.36. The minimum absolute atomic E-state index is 0.0241. The molecular weight excluding hydrogens is 452 g/mol. The molecule has 10 nitrogen and oxygen atoms in total. The molecule has 0 aliphatic rings. The summed E-state index contributed by atoms with van der Waals surface area (Å²) >= 11 is 0. The molecule has 0 heterocycles. The Hall–Kier alpha value is -4.60. The highest BCUT2D eigenvalue weighted by molar-refractivity contribution is 6.06. The number of amides is 2. The zero-order valence-corrected chi connectivity index (χ0v) is 19.6. The number of nitrogens with zero attached hydrogens (tertiary/aromatic N) is 2. The molecule has 0 aliphatic carbocycles. The van der Waals surface area contributed by atoms with Gasteiger partial charge in [-0.25, -0.2) is 0 Å². The van der Waals surface area contributed by atoms with Crippen molar-refractivity contribution in [1.82, 2.24) is 0 Å². The van der Waals surface area contributed by atoms with Gasteiger partial charge in [-0.2, -0.15) is 0 Å². The minimum atomic E-state index is -0.771. The van der Waals surface area contributed by atoms with Gasteiger partial charge in [0.2, 0.25) is 0 Å². The van der Waals surface area contributed by atoms with E-state index in [0.29, 0.717) is 16.9 Å². The Morgan fingerprint density at radius 3 is 1.49 bits per heavy atom. The molecule has 0 atom stereocenters. The van der Waals surface area contributed by atoms with Gasteiger partial charge in [-0.1, -0.05) is 32.9 Å². The number of carbonyl (C=O) groups excluding carboxylic acids is 2. The molecule has 0 aliphatic heterocycles. The lowest BCUT2D eigenvalue weighted by Crippen LogP contribution is -2.15. The standard InChI is InChI=1S/C25H24N4O6/c1-15-21(28(32)33)13-17(14-22(15)29(34)35)24(31)27-20-11-9-19(10-12-20)26-23(30)16-5-7-18(8-6-16)25(2,3)4/h5-14H,1-4H3,(H,26,30)(H,27,31). The van der Waals surface area contributed by atoms with Gasteiger partial charge in [0.25, 0.3) is 23.2 Å². The number of anilines is 2. The first kappa shape index (κ1) is 25.0. The predicted octanol–water partition coefficient (Wildman–Crippen LogP) is 5.61. The summed E-state index contributed by atoms with van der Waals surface area (Å²) in [5.74, 6) is -1.03. The molecule has 0 saturated carbocycles. The van der Waals surface area contributed by atoms with Crippen LogP contribution in [0.5, 0.6) is 0 Å². The van der Waals surface area contributed by atoms with Crippen LogP contribution < -0.4 is 10.6 Å². The predicted molar refractivity (Wildman–Crippen MR) is 132 cm³/mol. The molecule has 0 unspecified atom stereocenters. The van der Waals surface area contributed by atoms with E-state index in [1.807, 2.05) is 12.1 Å². The number of rotatable bonds is 6. The maximum Gasteiger partial charge on any atom is 0.279 e. The van der Waals surface area contributed by atoms with Crippen LogP contribution in [0.2, 0.25) is 0 Å². The molecule has 3 aromatic rings. The van der Waals surface area contributed by atoms with Gasteiger partial charge in [0.15, 0.2) is 0 Å². The van der Waals surface area contributed by atoms with Gasteiger partial charge < -0.3 is 10.6 Å². The Kier molecular flexibility index (Phi) is 6.95. The Balaban J connectivity index is 1.72. The van der Waals surface area contributed by atoms with E-state index in [2.05, 4.69) is 31.4 Å². The second kappa shape index (κ2) is 9.72. The average molecular weight is 476 g/mol. The van der Waals surface area contributed by atoms with E-state index >= 15 is 0 Å². The van der Waals surface area contributed by atoms with E-state index < -0.39 is 27.1 Å². The molecule has 35 heavy (non-hydrogen) atoms. The summed E-state index contributed by atoms with van der Waals surface area (Å²) in [4.78, 5) is 46.1. The fraction of sp³-hybridized carbons (Fsp3) is 0.200. The van der Waals surface area contributed by atoms with Crippen molar-refractivity contribution < 1.29 is 19.4 Å². The molecule has 2 amide bonds. The van der Waals surface area contributed by atoms with Crippen LogP contribution in [-0.2, 0) is 5.41 Å². The van der Waals surface area contributed by atoms with Crippen molar-refractivity contribution in [3.8, 4) is 0 Å². The van der Waals surface area contributed by atoms with E-state index in [-0.39, 0.29) is 22.4 Å². The third kappa shape index (κ3) is 5.85. The van der Waals surface area contributed by atoms with Crippen LogP contribution >= 0.6 is 0 Å². The van der Waals surface area contributed by atoms with Gasteiger partial charge in [0.05, 0.1) is 15.4 Å². The quantitative estimate of drug-likeness (QED) is 0.349. The summed E-state index contributed by atoms with van der Waals surface area (Å²) in [6.07, 6.45) is 0. The topological polar surface area (TPSA) is 144 Å². The van der Waals surface area contributed by atoms with Crippen LogP contribution in [0.1, 0.15) is 52.6 Å². The second-order valence-corrected chi connectivity index (χ2v) is 8.97. The van der Waals surface area contributed by atoms with Gasteiger partial charge in [-0.05, 0) is 54.3 Å². The summed E-state index contributed by atoms with van der Waals surface area (Å²) in [6, 6.07) is 15.6. The molecule has 10 heteroatoms. The summed E-state index contributed by atoms with van der Waals surface area (Å²) in [5, 5.41) is 27.8. The number of carbonyl (C=O) groups is 2. The van der Waals surface area contributed by atoms with Crippen LogP contribution in [-0.4, -0.2) is 21.7 Å². The van der Waals surface area contributed by atoms with Gasteiger partial charge in [-0.15, -0.1) is 0 Å². The molecule has 0 saturated heterocycles. The first-order valence-corrected chi connectivity index (χ1v) is 10.6. The first-order chi connectivity index (χ1) is 16.4. The number of nitro benzene ring substituents is 2.